The Balaban J connectivity index is 2.01. The van der Waals surface area contributed by atoms with E-state index in [2.05, 4.69) is 10.1 Å². The number of hydrogen-bond donors (Lipinski definition) is 1. The fourth-order valence-corrected chi connectivity index (χ4v) is 3.08. The van der Waals surface area contributed by atoms with E-state index >= 15 is 0 Å². The molecule has 0 aliphatic rings. The van der Waals surface area contributed by atoms with Crippen LogP contribution in [-0.2, 0) is 20.8 Å². The van der Waals surface area contributed by atoms with E-state index in [4.69, 9.17) is 4.74 Å². The lowest BCUT2D eigenvalue weighted by atomic mass is 10.1. The van der Waals surface area contributed by atoms with Crippen molar-refractivity contribution in [2.24, 2.45) is 0 Å². The molecule has 1 N–H and O–H groups in total. The minimum Gasteiger partial charge on any atom is -0.469 e. The van der Waals surface area contributed by atoms with Crippen LogP contribution in [-0.4, -0.2) is 43.1 Å². The molecular formula is C21H26N2O5. The van der Waals surface area contributed by atoms with Crippen LogP contribution in [0.4, 0.5) is 5.69 Å². The maximum atomic E-state index is 12.6. The second-order valence-electron chi connectivity index (χ2n) is 6.41. The molecule has 2 rings (SSSR count). The summed E-state index contributed by atoms with van der Waals surface area (Å²) in [6.07, 6.45) is 0.936. The Morgan fingerprint density at radius 3 is 2.50 bits per heavy atom. The summed E-state index contributed by atoms with van der Waals surface area (Å²) in [5.74, 6) is -1.07. The van der Waals surface area contributed by atoms with Gasteiger partial charge in [-0.2, -0.15) is 0 Å². The van der Waals surface area contributed by atoms with Crippen LogP contribution in [0.2, 0.25) is 0 Å². The van der Waals surface area contributed by atoms with Crippen molar-refractivity contribution in [3.63, 3.8) is 0 Å². The van der Waals surface area contributed by atoms with Crippen LogP contribution in [0.15, 0.2) is 30.3 Å². The van der Waals surface area contributed by atoms with E-state index in [-0.39, 0.29) is 18.4 Å². The van der Waals surface area contributed by atoms with Gasteiger partial charge in [0.1, 0.15) is 0 Å². The normalized spacial score (nSPS) is 10.4. The molecule has 0 unspecified atom stereocenters. The first kappa shape index (κ1) is 21.2. The molecular weight excluding hydrogens is 360 g/mol. The van der Waals surface area contributed by atoms with Crippen molar-refractivity contribution >= 4 is 23.4 Å². The van der Waals surface area contributed by atoms with Gasteiger partial charge in [0.05, 0.1) is 12.7 Å². The number of hydrogen-bond acceptors (Lipinski definition) is 6. The van der Waals surface area contributed by atoms with Gasteiger partial charge in [0.15, 0.2) is 6.61 Å². The second kappa shape index (κ2) is 9.73. The number of ketones is 1. The highest BCUT2D eigenvalue weighted by molar-refractivity contribution is 6.01. The second-order valence-corrected chi connectivity index (χ2v) is 6.41. The Bertz CT molecular complexity index is 870. The summed E-state index contributed by atoms with van der Waals surface area (Å²) in [6, 6.07) is 8.74. The van der Waals surface area contributed by atoms with Crippen molar-refractivity contribution in [3.05, 3.63) is 52.8 Å². The third-order valence-corrected chi connectivity index (χ3v) is 4.62. The number of Topliss-reactive ketones (excluding diaryl/α,β-unsaturated/α-hetero) is 1. The number of nitrogens with one attached hydrogen (secondary N) is 1. The predicted molar refractivity (Wildman–Crippen MR) is 106 cm³/mol. The number of benzene rings is 1. The van der Waals surface area contributed by atoms with Gasteiger partial charge >= 0.3 is 11.9 Å². The number of aromatic nitrogens is 1. The molecule has 1 heterocycles. The molecule has 150 valence electrons. The number of esters is 2. The van der Waals surface area contributed by atoms with Gasteiger partial charge in [-0.1, -0.05) is 12.1 Å². The topological polar surface area (TPSA) is 86.6 Å². The van der Waals surface area contributed by atoms with Crippen LogP contribution in [0.25, 0.3) is 0 Å². The number of methoxy groups -OCH3 is 1. The average molecular weight is 386 g/mol. The van der Waals surface area contributed by atoms with Gasteiger partial charge in [0, 0.05) is 42.7 Å². The Morgan fingerprint density at radius 2 is 1.82 bits per heavy atom. The molecule has 7 heteroatoms. The standard InChI is InChI=1S/C21H26N2O5/c1-14-12-17(15(2)23(14)11-7-10-20(25)27-4)19(24)13-28-21(26)16-8-5-6-9-18(16)22-3/h5-6,8-9,12,22H,7,10-11,13H2,1-4H3. The van der Waals surface area contributed by atoms with Gasteiger partial charge in [0.2, 0.25) is 5.78 Å². The lowest BCUT2D eigenvalue weighted by Crippen LogP contribution is -2.16. The zero-order valence-electron chi connectivity index (χ0n) is 16.7. The van der Waals surface area contributed by atoms with E-state index < -0.39 is 5.97 Å². The first-order valence-corrected chi connectivity index (χ1v) is 9.09. The summed E-state index contributed by atoms with van der Waals surface area (Å²) in [5, 5.41) is 2.93. The zero-order valence-corrected chi connectivity index (χ0v) is 16.7. The number of anilines is 1. The van der Waals surface area contributed by atoms with Crippen LogP contribution in [0, 0.1) is 13.8 Å². The smallest absolute Gasteiger partial charge is 0.340 e. The number of nitrogens with zero attached hydrogens (tertiary/aromatic N) is 1. The molecule has 0 radical (unpaired) electrons. The number of carbonyl (C=O) groups is 3. The molecule has 0 bridgehead atoms. The molecule has 0 amide bonds. The van der Waals surface area contributed by atoms with Crippen molar-refractivity contribution in [1.82, 2.24) is 4.57 Å². The fraction of sp³-hybridized carbons (Fsp3) is 0.381. The van der Waals surface area contributed by atoms with Gasteiger partial charge < -0.3 is 19.4 Å². The van der Waals surface area contributed by atoms with Crippen LogP contribution in [0.5, 0.6) is 0 Å². The Morgan fingerprint density at radius 1 is 1.11 bits per heavy atom. The van der Waals surface area contributed by atoms with E-state index in [1.165, 1.54) is 7.11 Å². The molecule has 0 aliphatic heterocycles. The van der Waals surface area contributed by atoms with Crippen molar-refractivity contribution in [3.8, 4) is 0 Å². The zero-order chi connectivity index (χ0) is 20.7. The minimum absolute atomic E-state index is 0.257. The van der Waals surface area contributed by atoms with Crippen LogP contribution in [0.1, 0.15) is 44.9 Å². The van der Waals surface area contributed by atoms with E-state index in [1.807, 2.05) is 24.5 Å². The van der Waals surface area contributed by atoms with Gasteiger partial charge in [-0.25, -0.2) is 4.79 Å². The molecule has 1 aromatic heterocycles. The maximum absolute atomic E-state index is 12.6. The van der Waals surface area contributed by atoms with Crippen LogP contribution >= 0.6 is 0 Å². The van der Waals surface area contributed by atoms with Crippen molar-refractivity contribution in [2.45, 2.75) is 33.2 Å². The number of carbonyl (C=O) groups excluding carboxylic acids is 3. The van der Waals surface area contributed by atoms with Gasteiger partial charge in [-0.05, 0) is 38.5 Å². The molecule has 0 saturated carbocycles. The van der Waals surface area contributed by atoms with Crippen LogP contribution < -0.4 is 5.32 Å². The summed E-state index contributed by atoms with van der Waals surface area (Å²) in [7, 11) is 3.08. The van der Waals surface area contributed by atoms with Gasteiger partial charge in [-0.15, -0.1) is 0 Å². The Hall–Kier alpha value is -3.09. The first-order valence-electron chi connectivity index (χ1n) is 9.09. The summed E-state index contributed by atoms with van der Waals surface area (Å²) in [6.45, 7) is 4.02. The number of aryl methyl sites for hydroxylation is 1. The number of rotatable bonds is 9. The summed E-state index contributed by atoms with van der Waals surface area (Å²) >= 11 is 0. The van der Waals surface area contributed by atoms with E-state index in [9.17, 15) is 14.4 Å². The largest absolute Gasteiger partial charge is 0.469 e. The molecule has 2 aromatic rings. The average Bonchev–Trinajstić information content (AvgIpc) is 2.99. The highest BCUT2D eigenvalue weighted by Crippen LogP contribution is 2.18. The molecule has 0 fully saturated rings. The molecule has 7 nitrogen and oxygen atoms in total. The summed E-state index contributed by atoms with van der Waals surface area (Å²) in [4.78, 5) is 36.1. The first-order chi connectivity index (χ1) is 13.4. The lowest BCUT2D eigenvalue weighted by Gasteiger charge is -2.10. The Kier molecular flexibility index (Phi) is 7.37. The van der Waals surface area contributed by atoms with E-state index in [0.717, 1.165) is 11.4 Å². The summed E-state index contributed by atoms with van der Waals surface area (Å²) in [5.41, 5.74) is 3.25. The van der Waals surface area contributed by atoms with Crippen LogP contribution in [0.3, 0.4) is 0 Å². The van der Waals surface area contributed by atoms with Crippen molar-refractivity contribution < 1.29 is 23.9 Å². The third-order valence-electron chi connectivity index (χ3n) is 4.62. The number of ether oxygens (including phenoxy) is 2. The molecule has 28 heavy (non-hydrogen) atoms. The highest BCUT2D eigenvalue weighted by Gasteiger charge is 2.19. The minimum atomic E-state index is -0.551. The Labute approximate surface area is 164 Å². The molecule has 0 aliphatic carbocycles. The monoisotopic (exact) mass is 386 g/mol. The predicted octanol–water partition coefficient (Wildman–Crippen LogP) is 3.14. The quantitative estimate of drug-likeness (QED) is 0.526. The fourth-order valence-electron chi connectivity index (χ4n) is 3.08. The molecule has 0 saturated heterocycles. The van der Waals surface area contributed by atoms with Crippen molar-refractivity contribution in [2.75, 3.05) is 26.1 Å². The van der Waals surface area contributed by atoms with E-state index in [1.54, 1.807) is 31.3 Å². The highest BCUT2D eigenvalue weighted by atomic mass is 16.5. The SMILES string of the molecule is CNc1ccccc1C(=O)OCC(=O)c1cc(C)n(CCCC(=O)OC)c1C. The van der Waals surface area contributed by atoms with Crippen molar-refractivity contribution in [1.29, 1.82) is 0 Å². The number of para-hydroxylation sites is 1. The maximum Gasteiger partial charge on any atom is 0.340 e. The van der Waals surface area contributed by atoms with Gasteiger partial charge in [-0.3, -0.25) is 9.59 Å². The summed E-state index contributed by atoms with van der Waals surface area (Å²) < 4.78 is 11.8. The van der Waals surface area contributed by atoms with Gasteiger partial charge in [0.25, 0.3) is 0 Å². The molecule has 1 aromatic carbocycles. The molecule has 0 spiro atoms. The van der Waals surface area contributed by atoms with E-state index in [0.29, 0.717) is 36.2 Å². The molecule has 0 atom stereocenters. The third kappa shape index (κ3) is 5.00. The lowest BCUT2D eigenvalue weighted by molar-refractivity contribution is -0.140.